The van der Waals surface area contributed by atoms with Crippen LogP contribution in [0, 0.1) is 3.57 Å². The van der Waals surface area contributed by atoms with Crippen LogP contribution in [0.15, 0.2) is 22.4 Å². The van der Waals surface area contributed by atoms with Crippen molar-refractivity contribution in [2.75, 3.05) is 12.0 Å². The Labute approximate surface area is 98.8 Å². The third-order valence-corrected chi connectivity index (χ3v) is 4.71. The second-order valence-corrected chi connectivity index (χ2v) is 5.56. The predicted molar refractivity (Wildman–Crippen MR) is 70.7 cm³/mol. The van der Waals surface area contributed by atoms with Crippen molar-refractivity contribution in [3.8, 4) is 0 Å². The van der Waals surface area contributed by atoms with Crippen LogP contribution in [-0.4, -0.2) is 6.26 Å². The Morgan fingerprint density at radius 2 is 2.23 bits per heavy atom. The van der Waals surface area contributed by atoms with Crippen LogP contribution >= 0.6 is 45.7 Å². The van der Waals surface area contributed by atoms with Crippen LogP contribution < -0.4 is 5.73 Å². The molecule has 0 amide bonds. The number of nitrogen functional groups attached to an aromatic ring is 1. The first kappa shape index (κ1) is 9.61. The van der Waals surface area contributed by atoms with Crippen molar-refractivity contribution < 1.29 is 0 Å². The number of benzene rings is 1. The zero-order chi connectivity index (χ0) is 9.42. The lowest BCUT2D eigenvalue weighted by Crippen LogP contribution is -1.89. The second-order valence-electron chi connectivity index (χ2n) is 2.64. The third-order valence-electron chi connectivity index (χ3n) is 1.91. The summed E-state index contributed by atoms with van der Waals surface area (Å²) in [4.78, 5) is 1.29. The van der Waals surface area contributed by atoms with E-state index in [9.17, 15) is 0 Å². The van der Waals surface area contributed by atoms with E-state index < -0.39 is 0 Å². The van der Waals surface area contributed by atoms with E-state index in [2.05, 4.69) is 46.4 Å². The first-order chi connectivity index (χ1) is 6.24. The molecule has 1 aromatic heterocycles. The summed E-state index contributed by atoms with van der Waals surface area (Å²) in [5.74, 6) is 0. The predicted octanol–water partition coefficient (Wildman–Crippen LogP) is 3.81. The average molecular weight is 321 g/mol. The number of thioether (sulfide) groups is 1. The Balaban J connectivity index is 2.85. The fraction of sp³-hybridized carbons (Fsp3) is 0.111. The number of anilines is 1. The van der Waals surface area contributed by atoms with Crippen molar-refractivity contribution in [1.29, 1.82) is 0 Å². The molecule has 2 aromatic rings. The maximum atomic E-state index is 6.02. The SMILES string of the molecule is CSc1csc2ccc(I)c(N)c12. The summed E-state index contributed by atoms with van der Waals surface area (Å²) in [7, 11) is 0. The highest BCUT2D eigenvalue weighted by Crippen LogP contribution is 2.37. The van der Waals surface area contributed by atoms with Crippen LogP contribution in [0.3, 0.4) is 0 Å². The normalized spacial score (nSPS) is 10.9. The van der Waals surface area contributed by atoms with Crippen molar-refractivity contribution in [3.05, 3.63) is 21.1 Å². The molecule has 4 heteroatoms. The molecule has 13 heavy (non-hydrogen) atoms. The van der Waals surface area contributed by atoms with Gasteiger partial charge in [-0.05, 0) is 41.0 Å². The van der Waals surface area contributed by atoms with Crippen LogP contribution in [0.1, 0.15) is 0 Å². The molecule has 0 aliphatic rings. The molecule has 0 bridgehead atoms. The molecule has 0 unspecified atom stereocenters. The van der Waals surface area contributed by atoms with Gasteiger partial charge in [-0.15, -0.1) is 23.1 Å². The molecule has 2 N–H and O–H groups in total. The van der Waals surface area contributed by atoms with E-state index in [4.69, 9.17) is 5.73 Å². The van der Waals surface area contributed by atoms with E-state index in [1.807, 2.05) is 0 Å². The molecule has 68 valence electrons. The van der Waals surface area contributed by atoms with Gasteiger partial charge in [-0.1, -0.05) is 0 Å². The summed E-state index contributed by atoms with van der Waals surface area (Å²) >= 11 is 5.79. The Hall–Kier alpha value is 0.0600. The molecule has 0 fully saturated rings. The van der Waals surface area contributed by atoms with Crippen LogP contribution in [0.25, 0.3) is 10.1 Å². The van der Waals surface area contributed by atoms with E-state index in [0.717, 1.165) is 9.26 Å². The lowest BCUT2D eigenvalue weighted by atomic mass is 10.2. The minimum atomic E-state index is 0.920. The Bertz CT molecular complexity index is 450. The summed E-state index contributed by atoms with van der Waals surface area (Å²) in [6.45, 7) is 0. The zero-order valence-electron chi connectivity index (χ0n) is 7.00. The molecular weight excluding hydrogens is 313 g/mol. The molecule has 0 spiro atoms. The first-order valence-electron chi connectivity index (χ1n) is 3.73. The van der Waals surface area contributed by atoms with Crippen LogP contribution in [0.4, 0.5) is 5.69 Å². The highest BCUT2D eigenvalue weighted by atomic mass is 127. The van der Waals surface area contributed by atoms with Gasteiger partial charge in [0.05, 0.1) is 5.69 Å². The molecule has 2 rings (SSSR count). The van der Waals surface area contributed by atoms with E-state index in [1.54, 1.807) is 23.1 Å². The highest BCUT2D eigenvalue weighted by molar-refractivity contribution is 14.1. The van der Waals surface area contributed by atoms with Crippen molar-refractivity contribution in [2.45, 2.75) is 4.90 Å². The molecule has 1 aromatic carbocycles. The summed E-state index contributed by atoms with van der Waals surface area (Å²) in [5.41, 5.74) is 6.94. The monoisotopic (exact) mass is 321 g/mol. The fourth-order valence-electron chi connectivity index (χ4n) is 1.25. The number of hydrogen-bond acceptors (Lipinski definition) is 3. The molecule has 1 nitrogen and oxygen atoms in total. The second kappa shape index (κ2) is 3.67. The van der Waals surface area contributed by atoms with Gasteiger partial charge in [0.25, 0.3) is 0 Å². The number of rotatable bonds is 1. The topological polar surface area (TPSA) is 26.0 Å². The van der Waals surface area contributed by atoms with Crippen molar-refractivity contribution in [2.24, 2.45) is 0 Å². The molecular formula is C9H8INS2. The maximum absolute atomic E-state index is 6.02. The van der Waals surface area contributed by atoms with Crippen molar-refractivity contribution in [3.63, 3.8) is 0 Å². The van der Waals surface area contributed by atoms with Gasteiger partial charge in [-0.2, -0.15) is 0 Å². The zero-order valence-corrected chi connectivity index (χ0v) is 10.8. The van der Waals surface area contributed by atoms with Gasteiger partial charge in [0.15, 0.2) is 0 Å². The quantitative estimate of drug-likeness (QED) is 0.491. The summed E-state index contributed by atoms with van der Waals surface area (Å²) in [6, 6.07) is 4.21. The maximum Gasteiger partial charge on any atom is 0.0549 e. The highest BCUT2D eigenvalue weighted by Gasteiger charge is 2.08. The molecule has 0 saturated heterocycles. The summed E-state index contributed by atoms with van der Waals surface area (Å²) in [5, 5.41) is 3.39. The lowest BCUT2D eigenvalue weighted by molar-refractivity contribution is 1.63. The van der Waals surface area contributed by atoms with Gasteiger partial charge in [0.2, 0.25) is 0 Å². The minimum absolute atomic E-state index is 0.920. The van der Waals surface area contributed by atoms with Gasteiger partial charge < -0.3 is 5.73 Å². The van der Waals surface area contributed by atoms with Crippen molar-refractivity contribution in [1.82, 2.24) is 0 Å². The largest absolute Gasteiger partial charge is 0.397 e. The standard InChI is InChI=1S/C9H8INS2/c1-12-7-4-13-6-3-2-5(10)9(11)8(6)7/h2-4H,11H2,1H3. The number of halogens is 1. The molecule has 0 radical (unpaired) electrons. The van der Waals surface area contributed by atoms with Crippen LogP contribution in [0.2, 0.25) is 0 Å². The van der Waals surface area contributed by atoms with Gasteiger partial charge in [0, 0.05) is 23.9 Å². The summed E-state index contributed by atoms with van der Waals surface area (Å²) in [6.07, 6.45) is 2.08. The fourth-order valence-corrected chi connectivity index (χ4v) is 3.56. The van der Waals surface area contributed by atoms with E-state index in [0.29, 0.717) is 0 Å². The van der Waals surface area contributed by atoms with Crippen LogP contribution in [0.5, 0.6) is 0 Å². The van der Waals surface area contributed by atoms with Gasteiger partial charge in [-0.25, -0.2) is 0 Å². The summed E-state index contributed by atoms with van der Waals surface area (Å²) < 4.78 is 2.42. The third kappa shape index (κ3) is 1.55. The van der Waals surface area contributed by atoms with Gasteiger partial charge in [0.1, 0.15) is 0 Å². The van der Waals surface area contributed by atoms with Crippen molar-refractivity contribution >= 4 is 61.5 Å². The number of thiophene rings is 1. The number of nitrogens with two attached hydrogens (primary N) is 1. The molecule has 0 atom stereocenters. The van der Waals surface area contributed by atoms with Crippen LogP contribution in [-0.2, 0) is 0 Å². The van der Waals surface area contributed by atoms with E-state index in [1.165, 1.54) is 15.0 Å². The average Bonchev–Trinajstić information content (AvgIpc) is 2.55. The first-order valence-corrected chi connectivity index (χ1v) is 6.91. The molecule has 0 aliphatic heterocycles. The Morgan fingerprint density at radius 1 is 1.46 bits per heavy atom. The minimum Gasteiger partial charge on any atom is -0.397 e. The van der Waals surface area contributed by atoms with Gasteiger partial charge in [-0.3, -0.25) is 0 Å². The smallest absolute Gasteiger partial charge is 0.0549 e. The number of fused-ring (bicyclic) bond motifs is 1. The molecule has 1 heterocycles. The van der Waals surface area contributed by atoms with E-state index >= 15 is 0 Å². The van der Waals surface area contributed by atoms with E-state index in [-0.39, 0.29) is 0 Å². The Kier molecular flexibility index (Phi) is 2.71. The molecule has 0 saturated carbocycles. The van der Waals surface area contributed by atoms with Gasteiger partial charge >= 0.3 is 0 Å². The molecule has 0 aliphatic carbocycles. The Morgan fingerprint density at radius 3 is 2.92 bits per heavy atom. The lowest BCUT2D eigenvalue weighted by Gasteiger charge is -2.01. The number of hydrogen-bond donors (Lipinski definition) is 1.